The number of nitrogens with one attached hydrogen (secondary N) is 2. The lowest BCUT2D eigenvalue weighted by Gasteiger charge is -2.10. The van der Waals surface area contributed by atoms with E-state index < -0.39 is 0 Å². The van der Waals surface area contributed by atoms with Gasteiger partial charge in [-0.3, -0.25) is 4.79 Å². The van der Waals surface area contributed by atoms with Gasteiger partial charge in [0.05, 0.1) is 26.5 Å². The summed E-state index contributed by atoms with van der Waals surface area (Å²) in [7, 11) is 3.17. The third-order valence-corrected chi connectivity index (χ3v) is 3.62. The van der Waals surface area contributed by atoms with E-state index in [2.05, 4.69) is 15.8 Å². The first kappa shape index (κ1) is 18.3. The molecule has 0 atom stereocenters. The number of hydrazone groups is 1. The van der Waals surface area contributed by atoms with Gasteiger partial charge < -0.3 is 14.8 Å². The summed E-state index contributed by atoms with van der Waals surface area (Å²) in [6, 6.07) is 13.3. The fraction of sp³-hybridized carbons (Fsp3) is 0.263. The van der Waals surface area contributed by atoms with Crippen molar-refractivity contribution in [1.82, 2.24) is 5.43 Å². The largest absolute Gasteiger partial charge is 0.497 e. The summed E-state index contributed by atoms with van der Waals surface area (Å²) in [5.41, 5.74) is 6.00. The number of hydrogen-bond donors (Lipinski definition) is 2. The minimum Gasteiger partial charge on any atom is -0.497 e. The lowest BCUT2D eigenvalue weighted by atomic mass is 10.1. The molecule has 2 aromatic rings. The molecule has 0 aliphatic heterocycles. The van der Waals surface area contributed by atoms with E-state index in [-0.39, 0.29) is 12.5 Å². The Balaban J connectivity index is 1.97. The summed E-state index contributed by atoms with van der Waals surface area (Å²) in [4.78, 5) is 12.0. The highest BCUT2D eigenvalue weighted by molar-refractivity contribution is 6.01. The fourth-order valence-electron chi connectivity index (χ4n) is 2.28. The Labute approximate surface area is 147 Å². The van der Waals surface area contributed by atoms with Crippen LogP contribution in [-0.4, -0.2) is 32.4 Å². The first-order valence-corrected chi connectivity index (χ1v) is 7.89. The van der Waals surface area contributed by atoms with Gasteiger partial charge in [-0.2, -0.15) is 5.10 Å². The van der Waals surface area contributed by atoms with Crippen LogP contribution >= 0.6 is 0 Å². The topological polar surface area (TPSA) is 72.0 Å². The van der Waals surface area contributed by atoms with Crippen molar-refractivity contribution >= 4 is 17.3 Å². The predicted octanol–water partition coefficient (Wildman–Crippen LogP) is 2.96. The van der Waals surface area contributed by atoms with Crippen molar-refractivity contribution in [2.45, 2.75) is 13.8 Å². The highest BCUT2D eigenvalue weighted by Crippen LogP contribution is 2.25. The van der Waals surface area contributed by atoms with Crippen LogP contribution in [0.25, 0.3) is 0 Å². The van der Waals surface area contributed by atoms with E-state index in [0.717, 1.165) is 16.8 Å². The van der Waals surface area contributed by atoms with E-state index >= 15 is 0 Å². The number of carbonyl (C=O) groups is 1. The van der Waals surface area contributed by atoms with Crippen LogP contribution in [0.15, 0.2) is 47.6 Å². The van der Waals surface area contributed by atoms with Crippen molar-refractivity contribution < 1.29 is 14.3 Å². The number of hydrogen-bond acceptors (Lipinski definition) is 5. The van der Waals surface area contributed by atoms with Gasteiger partial charge in [0, 0.05) is 17.3 Å². The molecule has 0 bridgehead atoms. The lowest BCUT2D eigenvalue weighted by Crippen LogP contribution is -2.26. The molecule has 2 aromatic carbocycles. The second-order valence-electron chi connectivity index (χ2n) is 5.52. The summed E-state index contributed by atoms with van der Waals surface area (Å²) in [5.74, 6) is 1.10. The molecule has 132 valence electrons. The van der Waals surface area contributed by atoms with Crippen LogP contribution in [0.5, 0.6) is 11.5 Å². The van der Waals surface area contributed by atoms with Gasteiger partial charge in [0.25, 0.3) is 5.91 Å². The minimum absolute atomic E-state index is 0.139. The molecule has 2 rings (SSSR count). The highest BCUT2D eigenvalue weighted by Gasteiger charge is 2.09. The number of methoxy groups -OCH3 is 2. The van der Waals surface area contributed by atoms with Crippen molar-refractivity contribution in [2.75, 3.05) is 26.1 Å². The van der Waals surface area contributed by atoms with E-state index in [4.69, 9.17) is 9.47 Å². The number of carbonyl (C=O) groups excluding carboxylic acids is 1. The first-order valence-electron chi connectivity index (χ1n) is 7.89. The van der Waals surface area contributed by atoms with E-state index in [1.165, 1.54) is 0 Å². The Morgan fingerprint density at radius 3 is 2.60 bits per heavy atom. The maximum Gasteiger partial charge on any atom is 0.259 e. The highest BCUT2D eigenvalue weighted by atomic mass is 16.5. The van der Waals surface area contributed by atoms with Gasteiger partial charge in [0.15, 0.2) is 0 Å². The van der Waals surface area contributed by atoms with Crippen LogP contribution < -0.4 is 20.2 Å². The quantitative estimate of drug-likeness (QED) is 0.600. The Morgan fingerprint density at radius 2 is 1.92 bits per heavy atom. The van der Waals surface area contributed by atoms with Gasteiger partial charge in [0.2, 0.25) is 0 Å². The van der Waals surface area contributed by atoms with Crippen LogP contribution in [-0.2, 0) is 4.79 Å². The third kappa shape index (κ3) is 5.24. The standard InChI is InChI=1S/C19H23N3O3/c1-13-6-5-7-15(10-13)20-12-19(23)22-21-14(2)17-9-8-16(24-3)11-18(17)25-4/h5-11,20H,12H2,1-4H3,(H,22,23). The summed E-state index contributed by atoms with van der Waals surface area (Å²) < 4.78 is 10.5. The van der Waals surface area contributed by atoms with Gasteiger partial charge in [-0.15, -0.1) is 0 Å². The third-order valence-electron chi connectivity index (χ3n) is 3.62. The van der Waals surface area contributed by atoms with Gasteiger partial charge >= 0.3 is 0 Å². The maximum absolute atomic E-state index is 12.0. The molecule has 0 saturated carbocycles. The molecule has 0 aliphatic rings. The van der Waals surface area contributed by atoms with E-state index in [9.17, 15) is 4.79 Å². The molecule has 0 heterocycles. The number of rotatable bonds is 7. The number of nitrogens with zero attached hydrogens (tertiary/aromatic N) is 1. The molecule has 1 amide bonds. The smallest absolute Gasteiger partial charge is 0.259 e. The van der Waals surface area contributed by atoms with Crippen molar-refractivity contribution in [3.05, 3.63) is 53.6 Å². The van der Waals surface area contributed by atoms with E-state index in [1.807, 2.05) is 43.3 Å². The molecule has 6 heteroatoms. The summed E-state index contributed by atoms with van der Waals surface area (Å²) in [6.45, 7) is 3.94. The molecule has 25 heavy (non-hydrogen) atoms. The van der Waals surface area contributed by atoms with Crippen LogP contribution in [0, 0.1) is 6.92 Å². The van der Waals surface area contributed by atoms with Crippen molar-refractivity contribution in [3.63, 3.8) is 0 Å². The van der Waals surface area contributed by atoms with Crippen molar-refractivity contribution in [2.24, 2.45) is 5.10 Å². The molecule has 6 nitrogen and oxygen atoms in total. The molecule has 0 saturated heterocycles. The molecule has 0 fully saturated rings. The Kier molecular flexibility index (Phi) is 6.39. The van der Waals surface area contributed by atoms with E-state index in [0.29, 0.717) is 17.2 Å². The van der Waals surface area contributed by atoms with Gasteiger partial charge in [-0.05, 0) is 43.7 Å². The normalized spacial score (nSPS) is 11.0. The lowest BCUT2D eigenvalue weighted by molar-refractivity contribution is -0.119. The van der Waals surface area contributed by atoms with Gasteiger partial charge in [-0.25, -0.2) is 5.43 Å². The zero-order chi connectivity index (χ0) is 18.2. The second-order valence-corrected chi connectivity index (χ2v) is 5.52. The van der Waals surface area contributed by atoms with Crippen molar-refractivity contribution in [3.8, 4) is 11.5 Å². The number of benzene rings is 2. The average molecular weight is 341 g/mol. The molecule has 2 N–H and O–H groups in total. The monoisotopic (exact) mass is 341 g/mol. The molecular weight excluding hydrogens is 318 g/mol. The first-order chi connectivity index (χ1) is 12.0. The summed E-state index contributed by atoms with van der Waals surface area (Å²) >= 11 is 0. The fourth-order valence-corrected chi connectivity index (χ4v) is 2.28. The molecule has 0 aromatic heterocycles. The number of anilines is 1. The second kappa shape index (κ2) is 8.73. The molecule has 0 radical (unpaired) electrons. The zero-order valence-corrected chi connectivity index (χ0v) is 14.9. The zero-order valence-electron chi connectivity index (χ0n) is 14.9. The summed E-state index contributed by atoms with van der Waals surface area (Å²) in [6.07, 6.45) is 0. The number of ether oxygens (including phenoxy) is 2. The van der Waals surface area contributed by atoms with Gasteiger partial charge in [0.1, 0.15) is 11.5 Å². The van der Waals surface area contributed by atoms with Crippen LogP contribution in [0.3, 0.4) is 0 Å². The maximum atomic E-state index is 12.0. The average Bonchev–Trinajstić information content (AvgIpc) is 2.63. The van der Waals surface area contributed by atoms with Gasteiger partial charge in [-0.1, -0.05) is 12.1 Å². The Hall–Kier alpha value is -3.02. The van der Waals surface area contributed by atoms with Crippen LogP contribution in [0.1, 0.15) is 18.1 Å². The molecule has 0 unspecified atom stereocenters. The molecular formula is C19H23N3O3. The Morgan fingerprint density at radius 1 is 1.12 bits per heavy atom. The minimum atomic E-state index is -0.228. The van der Waals surface area contributed by atoms with E-state index in [1.54, 1.807) is 27.2 Å². The SMILES string of the molecule is COc1ccc(C(C)=NNC(=O)CNc2cccc(C)c2)c(OC)c1. The van der Waals surface area contributed by atoms with Crippen molar-refractivity contribution in [1.29, 1.82) is 0 Å². The number of aryl methyl sites for hydroxylation is 1. The number of amides is 1. The Bertz CT molecular complexity index is 772. The molecule has 0 aliphatic carbocycles. The molecule has 0 spiro atoms. The predicted molar refractivity (Wildman–Crippen MR) is 99.6 cm³/mol. The summed E-state index contributed by atoms with van der Waals surface area (Å²) in [5, 5.41) is 7.21. The van der Waals surface area contributed by atoms with Crippen LogP contribution in [0.4, 0.5) is 5.69 Å². The van der Waals surface area contributed by atoms with Crippen LogP contribution in [0.2, 0.25) is 0 Å².